The molecule has 108 valence electrons. The van der Waals surface area contributed by atoms with E-state index in [0.29, 0.717) is 0 Å². The lowest BCUT2D eigenvalue weighted by Crippen LogP contribution is -2.23. The van der Waals surface area contributed by atoms with Crippen LogP contribution in [0.15, 0.2) is 34.8 Å². The van der Waals surface area contributed by atoms with Gasteiger partial charge in [-0.05, 0) is 58.7 Å². The van der Waals surface area contributed by atoms with Crippen molar-refractivity contribution in [1.29, 1.82) is 0 Å². The fourth-order valence-electron chi connectivity index (χ4n) is 2.02. The Balaban J connectivity index is 2.19. The summed E-state index contributed by atoms with van der Waals surface area (Å²) < 4.78 is 1.76. The van der Waals surface area contributed by atoms with Crippen molar-refractivity contribution in [2.45, 2.75) is 25.8 Å². The SMILES string of the molecule is CCCNC(Cc1ccc(Cl)s1)c1ccc(Br)c(Cl)c1. The third-order valence-electron chi connectivity index (χ3n) is 3.02. The van der Waals surface area contributed by atoms with Crippen LogP contribution in [-0.4, -0.2) is 6.54 Å². The molecule has 0 fully saturated rings. The van der Waals surface area contributed by atoms with E-state index < -0.39 is 0 Å². The largest absolute Gasteiger partial charge is 0.310 e. The van der Waals surface area contributed by atoms with Crippen molar-refractivity contribution in [3.8, 4) is 0 Å². The standard InChI is InChI=1S/C15H16BrCl2NS/c1-2-7-19-14(9-11-4-6-15(18)20-11)10-3-5-12(16)13(17)8-10/h3-6,8,14,19H,2,7,9H2,1H3. The lowest BCUT2D eigenvalue weighted by Gasteiger charge is -2.19. The maximum Gasteiger partial charge on any atom is 0.0931 e. The van der Waals surface area contributed by atoms with Crippen LogP contribution < -0.4 is 5.32 Å². The minimum Gasteiger partial charge on any atom is -0.310 e. The van der Waals surface area contributed by atoms with E-state index in [1.54, 1.807) is 11.3 Å². The highest BCUT2D eigenvalue weighted by Gasteiger charge is 2.14. The van der Waals surface area contributed by atoms with Crippen LogP contribution in [0.1, 0.15) is 29.8 Å². The normalized spacial score (nSPS) is 12.6. The van der Waals surface area contributed by atoms with Gasteiger partial charge in [0.25, 0.3) is 0 Å². The minimum absolute atomic E-state index is 0.260. The fraction of sp³-hybridized carbons (Fsp3) is 0.333. The van der Waals surface area contributed by atoms with Gasteiger partial charge in [0.15, 0.2) is 0 Å². The quantitative estimate of drug-likeness (QED) is 0.625. The molecule has 1 unspecified atom stereocenters. The van der Waals surface area contributed by atoms with Crippen molar-refractivity contribution in [1.82, 2.24) is 5.32 Å². The summed E-state index contributed by atoms with van der Waals surface area (Å²) in [5, 5.41) is 4.33. The molecule has 0 spiro atoms. The van der Waals surface area contributed by atoms with Gasteiger partial charge in [0, 0.05) is 21.8 Å². The Bertz CT molecular complexity index is 571. The van der Waals surface area contributed by atoms with Crippen molar-refractivity contribution in [3.05, 3.63) is 54.6 Å². The molecule has 1 heterocycles. The maximum absolute atomic E-state index is 6.21. The number of thiophene rings is 1. The van der Waals surface area contributed by atoms with Crippen LogP contribution >= 0.6 is 50.5 Å². The molecular weight excluding hydrogens is 377 g/mol. The molecule has 0 radical (unpaired) electrons. The van der Waals surface area contributed by atoms with Gasteiger partial charge in [-0.2, -0.15) is 0 Å². The molecule has 1 aromatic carbocycles. The Morgan fingerprint density at radius 1 is 1.25 bits per heavy atom. The Kier molecular flexibility index (Phi) is 6.37. The van der Waals surface area contributed by atoms with E-state index in [1.807, 2.05) is 18.2 Å². The van der Waals surface area contributed by atoms with Crippen LogP contribution in [0.4, 0.5) is 0 Å². The van der Waals surface area contributed by atoms with Gasteiger partial charge in [-0.25, -0.2) is 0 Å². The third-order valence-corrected chi connectivity index (χ3v) is 5.51. The van der Waals surface area contributed by atoms with E-state index in [2.05, 4.69) is 40.3 Å². The highest BCUT2D eigenvalue weighted by molar-refractivity contribution is 9.10. The van der Waals surface area contributed by atoms with Gasteiger partial charge < -0.3 is 5.32 Å². The van der Waals surface area contributed by atoms with Crippen LogP contribution in [0, 0.1) is 0 Å². The zero-order valence-electron chi connectivity index (χ0n) is 11.1. The average molecular weight is 393 g/mol. The lowest BCUT2D eigenvalue weighted by molar-refractivity contribution is 0.532. The second kappa shape index (κ2) is 7.81. The zero-order chi connectivity index (χ0) is 14.5. The predicted molar refractivity (Wildman–Crippen MR) is 93.2 cm³/mol. The zero-order valence-corrected chi connectivity index (χ0v) is 15.0. The highest BCUT2D eigenvalue weighted by atomic mass is 79.9. The molecule has 0 amide bonds. The Morgan fingerprint density at radius 2 is 2.05 bits per heavy atom. The molecule has 1 atom stereocenters. The number of halogens is 3. The topological polar surface area (TPSA) is 12.0 Å². The smallest absolute Gasteiger partial charge is 0.0931 e. The number of nitrogens with one attached hydrogen (secondary N) is 1. The van der Waals surface area contributed by atoms with E-state index in [4.69, 9.17) is 23.2 Å². The second-order valence-electron chi connectivity index (χ2n) is 4.59. The van der Waals surface area contributed by atoms with Crippen LogP contribution in [0.25, 0.3) is 0 Å². The predicted octanol–water partition coefficient (Wildman–Crippen LogP) is 6.10. The molecule has 0 aliphatic heterocycles. The molecule has 5 heteroatoms. The van der Waals surface area contributed by atoms with E-state index >= 15 is 0 Å². The van der Waals surface area contributed by atoms with Gasteiger partial charge in [0.2, 0.25) is 0 Å². The van der Waals surface area contributed by atoms with Crippen molar-refractivity contribution >= 4 is 50.5 Å². The summed E-state index contributed by atoms with van der Waals surface area (Å²) in [5.74, 6) is 0. The monoisotopic (exact) mass is 391 g/mol. The van der Waals surface area contributed by atoms with Gasteiger partial charge in [0.05, 0.1) is 9.36 Å². The first kappa shape index (κ1) is 16.3. The number of rotatable bonds is 6. The van der Waals surface area contributed by atoms with Gasteiger partial charge in [-0.3, -0.25) is 0 Å². The third kappa shape index (κ3) is 4.47. The van der Waals surface area contributed by atoms with Crippen molar-refractivity contribution < 1.29 is 0 Å². The first-order chi connectivity index (χ1) is 9.60. The molecule has 20 heavy (non-hydrogen) atoms. The van der Waals surface area contributed by atoms with Gasteiger partial charge >= 0.3 is 0 Å². The van der Waals surface area contributed by atoms with Crippen molar-refractivity contribution in [2.24, 2.45) is 0 Å². The second-order valence-corrected chi connectivity index (χ2v) is 7.65. The molecule has 0 bridgehead atoms. The molecule has 0 saturated heterocycles. The van der Waals surface area contributed by atoms with E-state index in [1.165, 1.54) is 10.4 Å². The van der Waals surface area contributed by atoms with E-state index in [0.717, 1.165) is 33.2 Å². The van der Waals surface area contributed by atoms with Crippen LogP contribution in [-0.2, 0) is 6.42 Å². The Morgan fingerprint density at radius 3 is 2.65 bits per heavy atom. The Labute approximate surface area is 142 Å². The highest BCUT2D eigenvalue weighted by Crippen LogP contribution is 2.30. The van der Waals surface area contributed by atoms with Gasteiger partial charge in [0.1, 0.15) is 0 Å². The van der Waals surface area contributed by atoms with E-state index in [9.17, 15) is 0 Å². The van der Waals surface area contributed by atoms with Crippen LogP contribution in [0.3, 0.4) is 0 Å². The summed E-state index contributed by atoms with van der Waals surface area (Å²) in [6.45, 7) is 3.15. The molecule has 0 aliphatic rings. The first-order valence-electron chi connectivity index (χ1n) is 6.52. The average Bonchev–Trinajstić information content (AvgIpc) is 2.83. The summed E-state index contributed by atoms with van der Waals surface area (Å²) in [7, 11) is 0. The first-order valence-corrected chi connectivity index (χ1v) is 8.89. The maximum atomic E-state index is 6.21. The van der Waals surface area contributed by atoms with Gasteiger partial charge in [-0.15, -0.1) is 11.3 Å². The van der Waals surface area contributed by atoms with E-state index in [-0.39, 0.29) is 6.04 Å². The Hall–Kier alpha value is -0.0600. The number of benzene rings is 1. The van der Waals surface area contributed by atoms with Crippen LogP contribution in [0.5, 0.6) is 0 Å². The van der Waals surface area contributed by atoms with Crippen molar-refractivity contribution in [3.63, 3.8) is 0 Å². The molecule has 1 N–H and O–H groups in total. The number of hydrogen-bond acceptors (Lipinski definition) is 2. The summed E-state index contributed by atoms with van der Waals surface area (Å²) in [6.07, 6.45) is 2.03. The molecular formula is C15H16BrCl2NS. The summed E-state index contributed by atoms with van der Waals surface area (Å²) in [4.78, 5) is 1.28. The minimum atomic E-state index is 0.260. The number of hydrogen-bond donors (Lipinski definition) is 1. The fourth-order valence-corrected chi connectivity index (χ4v) is 3.59. The molecule has 0 saturated carbocycles. The summed E-state index contributed by atoms with van der Waals surface area (Å²) in [6, 6.07) is 10.4. The van der Waals surface area contributed by atoms with Crippen LogP contribution in [0.2, 0.25) is 9.36 Å². The summed E-state index contributed by atoms with van der Waals surface area (Å²) in [5.41, 5.74) is 1.20. The van der Waals surface area contributed by atoms with Gasteiger partial charge in [-0.1, -0.05) is 36.2 Å². The molecule has 0 aliphatic carbocycles. The molecule has 2 rings (SSSR count). The molecule has 1 nitrogen and oxygen atoms in total. The molecule has 2 aromatic rings. The lowest BCUT2D eigenvalue weighted by atomic mass is 10.0. The summed E-state index contributed by atoms with van der Waals surface area (Å²) >= 11 is 17.3. The molecule has 1 aromatic heterocycles. The van der Waals surface area contributed by atoms with Crippen molar-refractivity contribution in [2.75, 3.05) is 6.54 Å².